The highest BCUT2D eigenvalue weighted by atomic mass is 32.1. The summed E-state index contributed by atoms with van der Waals surface area (Å²) in [6.07, 6.45) is 0.337. The highest BCUT2D eigenvalue weighted by Crippen LogP contribution is 2.34. The van der Waals surface area contributed by atoms with Crippen molar-refractivity contribution in [3.05, 3.63) is 52.0 Å². The quantitative estimate of drug-likeness (QED) is 0.653. The summed E-state index contributed by atoms with van der Waals surface area (Å²) in [5, 5.41) is 11.9. The van der Waals surface area contributed by atoms with Crippen molar-refractivity contribution >= 4 is 17.2 Å². The zero-order valence-corrected chi connectivity index (χ0v) is 18.7. The van der Waals surface area contributed by atoms with Crippen LogP contribution in [0.1, 0.15) is 37.3 Å². The van der Waals surface area contributed by atoms with E-state index in [0.29, 0.717) is 24.8 Å². The lowest BCUT2D eigenvalue weighted by Gasteiger charge is -2.37. The van der Waals surface area contributed by atoms with Gasteiger partial charge in [-0.15, -0.1) is 11.3 Å². The maximum Gasteiger partial charge on any atom is 0.237 e. The normalized spacial score (nSPS) is 17.3. The molecule has 0 bridgehead atoms. The van der Waals surface area contributed by atoms with Crippen molar-refractivity contribution in [1.29, 1.82) is 0 Å². The Morgan fingerprint density at radius 3 is 2.83 bits per heavy atom. The zero-order chi connectivity index (χ0) is 21.7. The first kappa shape index (κ1) is 22.7. The van der Waals surface area contributed by atoms with Crippen molar-refractivity contribution in [2.45, 2.75) is 39.3 Å². The summed E-state index contributed by atoms with van der Waals surface area (Å²) >= 11 is 1.70. The van der Waals surface area contributed by atoms with E-state index in [0.717, 1.165) is 18.5 Å². The summed E-state index contributed by atoms with van der Waals surface area (Å²) < 4.78 is 19.4. The molecule has 1 aromatic heterocycles. The fourth-order valence-corrected chi connectivity index (χ4v) is 4.91. The molecule has 2 aromatic rings. The molecule has 0 aliphatic carbocycles. The number of fused-ring (bicyclic) bond motifs is 1. The first-order valence-corrected chi connectivity index (χ1v) is 11.4. The molecule has 2 heterocycles. The molecule has 0 spiro atoms. The van der Waals surface area contributed by atoms with Crippen molar-refractivity contribution in [3.8, 4) is 5.75 Å². The van der Waals surface area contributed by atoms with E-state index in [4.69, 9.17) is 4.74 Å². The lowest BCUT2D eigenvalue weighted by atomic mass is 10.00. The van der Waals surface area contributed by atoms with E-state index < -0.39 is 6.10 Å². The molecule has 1 aromatic carbocycles. The minimum Gasteiger partial charge on any atom is -0.491 e. The number of hydrogen-bond acceptors (Lipinski definition) is 5. The molecule has 1 aliphatic heterocycles. The molecule has 0 saturated heterocycles. The molecule has 164 valence electrons. The van der Waals surface area contributed by atoms with Gasteiger partial charge in [-0.05, 0) is 48.4 Å². The third-order valence-electron chi connectivity index (χ3n) is 5.12. The second kappa shape index (κ2) is 10.4. The van der Waals surface area contributed by atoms with Crippen LogP contribution in [0, 0.1) is 11.7 Å². The summed E-state index contributed by atoms with van der Waals surface area (Å²) in [6.45, 7) is 8.34. The van der Waals surface area contributed by atoms with Crippen LogP contribution in [-0.2, 0) is 11.2 Å². The van der Waals surface area contributed by atoms with E-state index in [1.54, 1.807) is 30.4 Å². The molecule has 1 amide bonds. The summed E-state index contributed by atoms with van der Waals surface area (Å²) in [5.41, 5.74) is 1.11. The van der Waals surface area contributed by atoms with Crippen LogP contribution >= 0.6 is 11.3 Å². The van der Waals surface area contributed by atoms with Crippen LogP contribution in [0.25, 0.3) is 0 Å². The third-order valence-corrected chi connectivity index (χ3v) is 6.12. The van der Waals surface area contributed by atoms with Crippen LogP contribution in [0.5, 0.6) is 5.75 Å². The number of carbonyl (C=O) groups is 1. The lowest BCUT2D eigenvalue weighted by Crippen LogP contribution is -2.48. The van der Waals surface area contributed by atoms with Gasteiger partial charge in [0.15, 0.2) is 0 Å². The number of thiophene rings is 1. The Bertz CT molecular complexity index is 829. The maximum atomic E-state index is 13.5. The molecule has 2 atom stereocenters. The van der Waals surface area contributed by atoms with Gasteiger partial charge in [-0.3, -0.25) is 9.69 Å². The summed E-state index contributed by atoms with van der Waals surface area (Å²) in [7, 11) is 0. The minimum absolute atomic E-state index is 0.0287. The number of aliphatic hydroxyl groups excluding tert-OH is 1. The van der Waals surface area contributed by atoms with Crippen LogP contribution in [-0.4, -0.2) is 59.7 Å². The topological polar surface area (TPSA) is 53.0 Å². The van der Waals surface area contributed by atoms with E-state index in [2.05, 4.69) is 19.9 Å². The van der Waals surface area contributed by atoms with Crippen molar-refractivity contribution < 1.29 is 19.0 Å². The van der Waals surface area contributed by atoms with Crippen LogP contribution in [0.2, 0.25) is 0 Å². The van der Waals surface area contributed by atoms with Crippen molar-refractivity contribution in [2.75, 3.05) is 32.8 Å². The predicted octanol–water partition coefficient (Wildman–Crippen LogP) is 3.73. The minimum atomic E-state index is -0.492. The predicted molar refractivity (Wildman–Crippen MR) is 117 cm³/mol. The Kier molecular flexibility index (Phi) is 7.86. The van der Waals surface area contributed by atoms with Gasteiger partial charge in [-0.25, -0.2) is 4.39 Å². The number of ether oxygens (including phenoxy) is 1. The number of nitrogens with zero attached hydrogens (tertiary/aromatic N) is 2. The number of halogens is 1. The van der Waals surface area contributed by atoms with Gasteiger partial charge in [-0.2, -0.15) is 0 Å². The number of aliphatic hydroxyl groups is 1. The standard InChI is InChI=1S/C23H31FN2O3S/c1-16(2)12-25(13-17(3)27)14-23(28)26-9-7-22-20(8-10-30-22)21(26)15-29-19-6-4-5-18(24)11-19/h4-6,8,10-11,16-17,21,27H,7,9,12-15H2,1-3H3/t17-,21-/m0/s1. The molecule has 1 N–H and O–H groups in total. The zero-order valence-electron chi connectivity index (χ0n) is 17.9. The van der Waals surface area contributed by atoms with Gasteiger partial charge in [0, 0.05) is 30.6 Å². The smallest absolute Gasteiger partial charge is 0.237 e. The molecule has 0 saturated carbocycles. The van der Waals surface area contributed by atoms with Gasteiger partial charge in [-0.1, -0.05) is 19.9 Å². The Morgan fingerprint density at radius 1 is 1.33 bits per heavy atom. The summed E-state index contributed by atoms with van der Waals surface area (Å²) in [6, 6.07) is 7.93. The lowest BCUT2D eigenvalue weighted by molar-refractivity contribution is -0.136. The van der Waals surface area contributed by atoms with Crippen molar-refractivity contribution in [2.24, 2.45) is 5.92 Å². The molecule has 30 heavy (non-hydrogen) atoms. The van der Waals surface area contributed by atoms with E-state index in [1.807, 2.05) is 15.2 Å². The van der Waals surface area contributed by atoms with Gasteiger partial charge in [0.1, 0.15) is 18.2 Å². The first-order valence-electron chi connectivity index (χ1n) is 10.5. The summed E-state index contributed by atoms with van der Waals surface area (Å²) in [4.78, 5) is 18.4. The third kappa shape index (κ3) is 6.03. The van der Waals surface area contributed by atoms with Gasteiger partial charge >= 0.3 is 0 Å². The highest BCUT2D eigenvalue weighted by molar-refractivity contribution is 7.10. The number of hydrogen-bond donors (Lipinski definition) is 1. The van der Waals surface area contributed by atoms with E-state index in [-0.39, 0.29) is 30.9 Å². The molecule has 0 unspecified atom stereocenters. The van der Waals surface area contributed by atoms with Crippen LogP contribution < -0.4 is 4.74 Å². The molecule has 0 fully saturated rings. The number of carbonyl (C=O) groups excluding carboxylic acids is 1. The van der Waals surface area contributed by atoms with Gasteiger partial charge in [0.2, 0.25) is 5.91 Å². The van der Waals surface area contributed by atoms with Gasteiger partial charge in [0.25, 0.3) is 0 Å². The second-order valence-corrected chi connectivity index (χ2v) is 9.36. The number of rotatable bonds is 9. The Hall–Kier alpha value is -1.96. The van der Waals surface area contributed by atoms with Crippen LogP contribution in [0.3, 0.4) is 0 Å². The maximum absolute atomic E-state index is 13.5. The molecular formula is C23H31FN2O3S. The van der Waals surface area contributed by atoms with Gasteiger partial charge in [0.05, 0.1) is 18.7 Å². The number of amides is 1. The van der Waals surface area contributed by atoms with E-state index >= 15 is 0 Å². The fourth-order valence-electron chi connectivity index (χ4n) is 3.98. The average Bonchev–Trinajstić information content (AvgIpc) is 3.14. The highest BCUT2D eigenvalue weighted by Gasteiger charge is 2.33. The molecule has 7 heteroatoms. The van der Waals surface area contributed by atoms with E-state index in [1.165, 1.54) is 17.0 Å². The second-order valence-electron chi connectivity index (χ2n) is 8.36. The van der Waals surface area contributed by atoms with Crippen molar-refractivity contribution in [3.63, 3.8) is 0 Å². The van der Waals surface area contributed by atoms with Gasteiger partial charge < -0.3 is 14.7 Å². The van der Waals surface area contributed by atoms with Crippen LogP contribution in [0.4, 0.5) is 4.39 Å². The average molecular weight is 435 g/mol. The molecule has 3 rings (SSSR count). The Morgan fingerprint density at radius 2 is 2.13 bits per heavy atom. The summed E-state index contributed by atoms with van der Waals surface area (Å²) in [5.74, 6) is 0.539. The van der Waals surface area contributed by atoms with Crippen LogP contribution in [0.15, 0.2) is 35.7 Å². The Balaban J connectivity index is 1.74. The first-order chi connectivity index (χ1) is 14.3. The SMILES string of the molecule is CC(C)CN(CC(=O)N1CCc2sccc2[C@@H]1COc1cccc(F)c1)C[C@H](C)O. The molecule has 5 nitrogen and oxygen atoms in total. The largest absolute Gasteiger partial charge is 0.491 e. The Labute approximate surface area is 182 Å². The van der Waals surface area contributed by atoms with Crippen molar-refractivity contribution in [1.82, 2.24) is 9.80 Å². The monoisotopic (exact) mass is 434 g/mol. The molecule has 0 radical (unpaired) electrons. The number of benzene rings is 1. The molecule has 1 aliphatic rings. The van der Waals surface area contributed by atoms with E-state index in [9.17, 15) is 14.3 Å². The fraction of sp³-hybridized carbons (Fsp3) is 0.522. The molecular weight excluding hydrogens is 403 g/mol.